The minimum absolute atomic E-state index is 0.00946. The van der Waals surface area contributed by atoms with Gasteiger partial charge in [-0.25, -0.2) is 4.98 Å². The van der Waals surface area contributed by atoms with Crippen molar-refractivity contribution in [2.24, 2.45) is 0 Å². The molecule has 6 aromatic rings. The van der Waals surface area contributed by atoms with E-state index in [1.807, 2.05) is 66.7 Å². The number of ether oxygens (including phenoxy) is 3. The van der Waals surface area contributed by atoms with Gasteiger partial charge in [-0.15, -0.1) is 0 Å². The van der Waals surface area contributed by atoms with E-state index in [-0.39, 0.29) is 12.7 Å². The van der Waals surface area contributed by atoms with Crippen LogP contribution in [0.5, 0.6) is 11.5 Å². The fourth-order valence-electron chi connectivity index (χ4n) is 5.95. The lowest BCUT2D eigenvalue weighted by atomic mass is 9.90. The molecule has 1 aromatic heterocycles. The number of H-pyrrole nitrogens is 1. The second-order valence-electron chi connectivity index (χ2n) is 10.7. The molecule has 1 aliphatic rings. The number of methoxy groups -OCH3 is 1. The van der Waals surface area contributed by atoms with Crippen LogP contribution < -0.4 is 9.47 Å². The van der Waals surface area contributed by atoms with Gasteiger partial charge in [-0.1, -0.05) is 85.0 Å². The van der Waals surface area contributed by atoms with Gasteiger partial charge in [0.25, 0.3) is 0 Å². The van der Waals surface area contributed by atoms with Gasteiger partial charge < -0.3 is 19.2 Å². The number of carbonyl (C=O) groups is 1. The van der Waals surface area contributed by atoms with Gasteiger partial charge in [-0.2, -0.15) is 0 Å². The molecule has 0 bridgehead atoms. The van der Waals surface area contributed by atoms with Crippen LogP contribution in [0.25, 0.3) is 43.7 Å². The number of benzene rings is 5. The van der Waals surface area contributed by atoms with E-state index in [1.165, 1.54) is 0 Å². The Balaban J connectivity index is 1.29. The predicted octanol–water partition coefficient (Wildman–Crippen LogP) is 8.38. The molecule has 1 heterocycles. The second kappa shape index (κ2) is 11.6. The van der Waals surface area contributed by atoms with Crippen molar-refractivity contribution in [3.63, 3.8) is 0 Å². The van der Waals surface area contributed by atoms with Gasteiger partial charge in [0.1, 0.15) is 23.9 Å². The molecular weight excluding hydrogens is 536 g/mol. The van der Waals surface area contributed by atoms with Crippen LogP contribution in [0, 0.1) is 0 Å². The summed E-state index contributed by atoms with van der Waals surface area (Å²) in [6.45, 7) is 0.418. The van der Waals surface area contributed by atoms with Crippen molar-refractivity contribution in [2.45, 2.75) is 12.3 Å². The number of fused-ring (bicyclic) bond motifs is 3. The number of para-hydroxylation sites is 2. The summed E-state index contributed by atoms with van der Waals surface area (Å²) >= 11 is 0. The molecule has 0 saturated carbocycles. The Labute approximate surface area is 249 Å². The zero-order chi connectivity index (χ0) is 29.2. The van der Waals surface area contributed by atoms with Crippen molar-refractivity contribution in [3.05, 3.63) is 126 Å². The van der Waals surface area contributed by atoms with Crippen LogP contribution in [0.15, 0.2) is 115 Å². The van der Waals surface area contributed by atoms with Gasteiger partial charge in [0.05, 0.1) is 16.6 Å². The first-order chi connectivity index (χ1) is 21.2. The number of aldehydes is 1. The highest BCUT2D eigenvalue weighted by molar-refractivity contribution is 6.12. The Morgan fingerprint density at radius 2 is 1.65 bits per heavy atom. The van der Waals surface area contributed by atoms with Crippen LogP contribution in [0.1, 0.15) is 28.5 Å². The third kappa shape index (κ3) is 5.07. The summed E-state index contributed by atoms with van der Waals surface area (Å²) < 4.78 is 18.0. The zero-order valence-electron chi connectivity index (χ0n) is 23.7. The maximum absolute atomic E-state index is 12.3. The van der Waals surface area contributed by atoms with Gasteiger partial charge in [-0.05, 0) is 57.8 Å². The molecule has 1 unspecified atom stereocenters. The van der Waals surface area contributed by atoms with E-state index >= 15 is 0 Å². The van der Waals surface area contributed by atoms with Crippen molar-refractivity contribution < 1.29 is 19.0 Å². The first-order valence-corrected chi connectivity index (χ1v) is 14.3. The fraction of sp³-hybridized carbons (Fsp3) is 0.135. The molecule has 0 saturated heterocycles. The van der Waals surface area contributed by atoms with Crippen molar-refractivity contribution in [1.82, 2.24) is 9.97 Å². The van der Waals surface area contributed by atoms with E-state index in [9.17, 15) is 4.79 Å². The maximum Gasteiger partial charge on any atom is 0.188 e. The van der Waals surface area contributed by atoms with E-state index in [2.05, 4.69) is 47.5 Å². The Hall–Kier alpha value is -5.20. The highest BCUT2D eigenvalue weighted by Crippen LogP contribution is 2.47. The van der Waals surface area contributed by atoms with E-state index in [1.54, 1.807) is 7.11 Å². The monoisotopic (exact) mass is 566 g/mol. The van der Waals surface area contributed by atoms with E-state index < -0.39 is 0 Å². The first kappa shape index (κ1) is 26.7. The average Bonchev–Trinajstić information content (AvgIpc) is 3.50. The topological polar surface area (TPSA) is 73.4 Å². The van der Waals surface area contributed by atoms with Gasteiger partial charge >= 0.3 is 0 Å². The third-order valence-corrected chi connectivity index (χ3v) is 7.95. The maximum atomic E-state index is 12.3. The SMILES string of the molecule is COCOc1c(C=O)cc2ccccc2c1-c1c(OCC2=CC=CC(c3nc4ccccc4[nH]3)C2)ccc2ccccc12. The lowest BCUT2D eigenvalue weighted by Gasteiger charge is -2.22. The smallest absolute Gasteiger partial charge is 0.188 e. The van der Waals surface area contributed by atoms with Gasteiger partial charge in [0, 0.05) is 24.2 Å². The normalized spacial score (nSPS) is 14.7. The van der Waals surface area contributed by atoms with E-state index in [0.29, 0.717) is 23.7 Å². The summed E-state index contributed by atoms with van der Waals surface area (Å²) in [4.78, 5) is 20.6. The number of hydrogen-bond acceptors (Lipinski definition) is 5. The summed E-state index contributed by atoms with van der Waals surface area (Å²) in [7, 11) is 1.57. The van der Waals surface area contributed by atoms with Gasteiger partial charge in [-0.3, -0.25) is 4.79 Å². The zero-order valence-corrected chi connectivity index (χ0v) is 23.7. The largest absolute Gasteiger partial charge is 0.489 e. The van der Waals surface area contributed by atoms with Crippen LogP contribution in [0.4, 0.5) is 0 Å². The molecule has 6 heteroatoms. The molecule has 0 aliphatic heterocycles. The molecule has 0 spiro atoms. The molecule has 212 valence electrons. The van der Waals surface area contributed by atoms with Crippen molar-refractivity contribution >= 4 is 38.9 Å². The lowest BCUT2D eigenvalue weighted by Crippen LogP contribution is -2.10. The van der Waals surface area contributed by atoms with Crippen LogP contribution in [-0.4, -0.2) is 36.8 Å². The van der Waals surface area contributed by atoms with E-state index in [0.717, 1.165) is 67.8 Å². The average molecular weight is 567 g/mol. The van der Waals surface area contributed by atoms with Crippen LogP contribution in [0.3, 0.4) is 0 Å². The van der Waals surface area contributed by atoms with Crippen LogP contribution >= 0.6 is 0 Å². The number of allylic oxidation sites excluding steroid dienone is 3. The molecule has 7 rings (SSSR count). The minimum Gasteiger partial charge on any atom is -0.489 e. The summed E-state index contributed by atoms with van der Waals surface area (Å²) in [5.41, 5.74) is 5.31. The molecule has 1 N–H and O–H groups in total. The number of carbonyl (C=O) groups excluding carboxylic acids is 1. The molecule has 6 nitrogen and oxygen atoms in total. The number of hydrogen-bond donors (Lipinski definition) is 1. The Morgan fingerprint density at radius 3 is 2.47 bits per heavy atom. The molecular formula is C37H30N2O4. The summed E-state index contributed by atoms with van der Waals surface area (Å²) in [5, 5.41) is 3.98. The molecule has 0 amide bonds. The number of rotatable bonds is 9. The summed E-state index contributed by atoms with van der Waals surface area (Å²) in [6, 6.07) is 30.3. The fourth-order valence-corrected chi connectivity index (χ4v) is 5.95. The number of imidazole rings is 1. The van der Waals surface area contributed by atoms with Gasteiger partial charge in [0.2, 0.25) is 0 Å². The number of aromatic amines is 1. The molecule has 1 aliphatic carbocycles. The number of nitrogens with zero attached hydrogens (tertiary/aromatic N) is 1. The molecule has 0 radical (unpaired) electrons. The highest BCUT2D eigenvalue weighted by atomic mass is 16.7. The summed E-state index contributed by atoms with van der Waals surface area (Å²) in [6.07, 6.45) is 8.02. The van der Waals surface area contributed by atoms with Crippen molar-refractivity contribution in [3.8, 4) is 22.6 Å². The standard InChI is InChI=1S/C37H30N2O4/c1-41-23-43-36-28(21-40)20-26-11-3-5-14-30(26)35(36)34-29-13-4-2-10-25(29)17-18-33(34)42-22-24-9-8-12-27(19-24)37-38-31-15-6-7-16-32(31)39-37/h2-18,20-21,27H,19,22-23H2,1H3,(H,38,39). The molecule has 1 atom stereocenters. The Bertz CT molecular complexity index is 2010. The third-order valence-electron chi connectivity index (χ3n) is 7.95. The molecule has 43 heavy (non-hydrogen) atoms. The highest BCUT2D eigenvalue weighted by Gasteiger charge is 2.23. The quantitative estimate of drug-likeness (QED) is 0.141. The van der Waals surface area contributed by atoms with Crippen LogP contribution in [0.2, 0.25) is 0 Å². The van der Waals surface area contributed by atoms with Crippen molar-refractivity contribution in [2.75, 3.05) is 20.5 Å². The Morgan fingerprint density at radius 1 is 0.884 bits per heavy atom. The first-order valence-electron chi connectivity index (χ1n) is 14.3. The molecule has 5 aromatic carbocycles. The number of aromatic nitrogens is 2. The summed E-state index contributed by atoms with van der Waals surface area (Å²) in [5.74, 6) is 2.27. The van der Waals surface area contributed by atoms with Crippen molar-refractivity contribution in [1.29, 1.82) is 0 Å². The lowest BCUT2D eigenvalue weighted by molar-refractivity contribution is 0.0510. The number of nitrogens with one attached hydrogen (secondary N) is 1. The van der Waals surface area contributed by atoms with Crippen LogP contribution in [-0.2, 0) is 4.74 Å². The van der Waals surface area contributed by atoms with Gasteiger partial charge in [0.15, 0.2) is 13.1 Å². The Kier molecular flexibility index (Phi) is 7.19. The predicted molar refractivity (Wildman–Crippen MR) is 171 cm³/mol. The second-order valence-corrected chi connectivity index (χ2v) is 10.7. The molecule has 0 fully saturated rings. The minimum atomic E-state index is 0.00946. The van der Waals surface area contributed by atoms with E-state index in [4.69, 9.17) is 19.2 Å².